The number of carbonyl (C=O) groups excluding carboxylic acids is 2. The van der Waals surface area contributed by atoms with Crippen LogP contribution < -0.4 is 5.32 Å². The Hall–Kier alpha value is -2.88. The third-order valence-electron chi connectivity index (χ3n) is 3.94. The summed E-state index contributed by atoms with van der Waals surface area (Å²) in [6.45, 7) is 2.14. The summed E-state index contributed by atoms with van der Waals surface area (Å²) < 4.78 is 1.81. The summed E-state index contributed by atoms with van der Waals surface area (Å²) in [4.78, 5) is 23.5. The van der Waals surface area contributed by atoms with Gasteiger partial charge in [0.1, 0.15) is 6.54 Å². The Morgan fingerprint density at radius 1 is 1.13 bits per heavy atom. The molecule has 2 aromatic carbocycles. The van der Waals surface area contributed by atoms with E-state index in [0.29, 0.717) is 5.56 Å². The Morgan fingerprint density at radius 2 is 1.83 bits per heavy atom. The van der Waals surface area contributed by atoms with Gasteiger partial charge in [-0.2, -0.15) is 0 Å². The standard InChI is InChI=1S/C19H18N2O2/c1-14(15-7-3-2-4-8-15)20-19(23)12-21-11-16(13-22)17-9-5-6-10-18(17)21/h2-11,13-14H,12H2,1H3,(H,20,23)/t14-/m1/s1. The Labute approximate surface area is 134 Å². The predicted molar refractivity (Wildman–Crippen MR) is 90.3 cm³/mol. The van der Waals surface area contributed by atoms with Crippen molar-refractivity contribution in [2.24, 2.45) is 0 Å². The molecule has 4 nitrogen and oxygen atoms in total. The molecule has 0 fully saturated rings. The molecule has 116 valence electrons. The number of hydrogen-bond donors (Lipinski definition) is 1. The van der Waals surface area contributed by atoms with Gasteiger partial charge in [-0.3, -0.25) is 9.59 Å². The SMILES string of the molecule is C[C@@H](NC(=O)Cn1cc(C=O)c2ccccc21)c1ccccc1. The van der Waals surface area contributed by atoms with E-state index in [2.05, 4.69) is 5.32 Å². The molecular weight excluding hydrogens is 288 g/mol. The summed E-state index contributed by atoms with van der Waals surface area (Å²) in [5, 5.41) is 3.86. The van der Waals surface area contributed by atoms with Crippen LogP contribution in [0.25, 0.3) is 10.9 Å². The molecule has 3 aromatic rings. The topological polar surface area (TPSA) is 51.1 Å². The zero-order valence-corrected chi connectivity index (χ0v) is 12.9. The van der Waals surface area contributed by atoms with E-state index in [9.17, 15) is 9.59 Å². The van der Waals surface area contributed by atoms with Gasteiger partial charge >= 0.3 is 0 Å². The number of fused-ring (bicyclic) bond motifs is 1. The van der Waals surface area contributed by atoms with Gasteiger partial charge in [0, 0.05) is 22.7 Å². The second-order valence-electron chi connectivity index (χ2n) is 5.55. The number of hydrogen-bond acceptors (Lipinski definition) is 2. The highest BCUT2D eigenvalue weighted by atomic mass is 16.2. The molecule has 4 heteroatoms. The van der Waals surface area contributed by atoms with E-state index in [4.69, 9.17) is 0 Å². The predicted octanol–water partition coefficient (Wildman–Crippen LogP) is 3.33. The summed E-state index contributed by atoms with van der Waals surface area (Å²) >= 11 is 0. The van der Waals surface area contributed by atoms with E-state index in [1.54, 1.807) is 6.20 Å². The van der Waals surface area contributed by atoms with Gasteiger partial charge in [0.2, 0.25) is 5.91 Å². The quantitative estimate of drug-likeness (QED) is 0.735. The summed E-state index contributed by atoms with van der Waals surface area (Å²) in [6, 6.07) is 17.4. The molecule has 3 rings (SSSR count). The Bertz CT molecular complexity index is 837. The fourth-order valence-electron chi connectivity index (χ4n) is 2.77. The van der Waals surface area contributed by atoms with Crippen LogP contribution in [0, 0.1) is 0 Å². The molecule has 0 saturated carbocycles. The van der Waals surface area contributed by atoms with Crippen LogP contribution in [-0.4, -0.2) is 16.8 Å². The normalized spacial score (nSPS) is 12.0. The first kappa shape index (κ1) is 15.0. The number of aromatic nitrogens is 1. The molecular formula is C19H18N2O2. The average Bonchev–Trinajstić information content (AvgIpc) is 2.93. The largest absolute Gasteiger partial charge is 0.348 e. The third kappa shape index (κ3) is 3.16. The number of amides is 1. The number of aldehydes is 1. The van der Waals surface area contributed by atoms with Crippen molar-refractivity contribution in [3.63, 3.8) is 0 Å². The van der Waals surface area contributed by atoms with E-state index in [0.717, 1.165) is 22.8 Å². The number of nitrogens with one attached hydrogen (secondary N) is 1. The molecule has 1 atom stereocenters. The Morgan fingerprint density at radius 3 is 2.57 bits per heavy atom. The second kappa shape index (κ2) is 6.48. The van der Waals surface area contributed by atoms with Gasteiger partial charge < -0.3 is 9.88 Å². The Balaban J connectivity index is 1.77. The van der Waals surface area contributed by atoms with Gasteiger partial charge in [-0.05, 0) is 18.6 Å². The molecule has 0 spiro atoms. The number of carbonyl (C=O) groups is 2. The van der Waals surface area contributed by atoms with Gasteiger partial charge in [0.05, 0.1) is 6.04 Å². The van der Waals surface area contributed by atoms with Crippen molar-refractivity contribution in [1.29, 1.82) is 0 Å². The maximum atomic E-state index is 12.3. The van der Waals surface area contributed by atoms with Crippen molar-refractivity contribution in [1.82, 2.24) is 9.88 Å². The molecule has 0 aliphatic carbocycles. The van der Waals surface area contributed by atoms with Crippen LogP contribution in [0.2, 0.25) is 0 Å². The minimum absolute atomic E-state index is 0.0592. The minimum Gasteiger partial charge on any atom is -0.348 e. The lowest BCUT2D eigenvalue weighted by molar-refractivity contribution is -0.122. The second-order valence-corrected chi connectivity index (χ2v) is 5.55. The van der Waals surface area contributed by atoms with E-state index in [-0.39, 0.29) is 18.5 Å². The molecule has 0 saturated heterocycles. The first-order chi connectivity index (χ1) is 11.2. The van der Waals surface area contributed by atoms with Crippen LogP contribution in [0.15, 0.2) is 60.8 Å². The molecule has 1 aromatic heterocycles. The van der Waals surface area contributed by atoms with Gasteiger partial charge in [0.25, 0.3) is 0 Å². The highest BCUT2D eigenvalue weighted by Crippen LogP contribution is 2.20. The Kier molecular flexibility index (Phi) is 4.24. The number of para-hydroxylation sites is 1. The number of benzene rings is 2. The van der Waals surface area contributed by atoms with Gasteiger partial charge in [-0.1, -0.05) is 48.5 Å². The van der Waals surface area contributed by atoms with Crippen LogP contribution >= 0.6 is 0 Å². The lowest BCUT2D eigenvalue weighted by Crippen LogP contribution is -2.29. The summed E-state index contributed by atoms with van der Waals surface area (Å²) in [5.74, 6) is -0.0837. The lowest BCUT2D eigenvalue weighted by Gasteiger charge is -2.15. The van der Waals surface area contributed by atoms with Crippen molar-refractivity contribution in [3.8, 4) is 0 Å². The highest BCUT2D eigenvalue weighted by molar-refractivity contribution is 5.98. The van der Waals surface area contributed by atoms with Gasteiger partial charge in [0.15, 0.2) is 6.29 Å². The maximum absolute atomic E-state index is 12.3. The summed E-state index contributed by atoms with van der Waals surface area (Å²) in [5.41, 5.74) is 2.55. The summed E-state index contributed by atoms with van der Waals surface area (Å²) in [6.07, 6.45) is 2.55. The third-order valence-corrected chi connectivity index (χ3v) is 3.94. The smallest absolute Gasteiger partial charge is 0.240 e. The van der Waals surface area contributed by atoms with Crippen molar-refractivity contribution in [2.75, 3.05) is 0 Å². The zero-order chi connectivity index (χ0) is 16.2. The fraction of sp³-hybridized carbons (Fsp3) is 0.158. The summed E-state index contributed by atoms with van der Waals surface area (Å²) in [7, 11) is 0. The molecule has 0 aliphatic rings. The first-order valence-electron chi connectivity index (χ1n) is 7.56. The molecule has 1 N–H and O–H groups in total. The maximum Gasteiger partial charge on any atom is 0.240 e. The fourth-order valence-corrected chi connectivity index (χ4v) is 2.77. The zero-order valence-electron chi connectivity index (χ0n) is 12.9. The molecule has 23 heavy (non-hydrogen) atoms. The van der Waals surface area contributed by atoms with Crippen molar-refractivity contribution < 1.29 is 9.59 Å². The van der Waals surface area contributed by atoms with E-state index >= 15 is 0 Å². The van der Waals surface area contributed by atoms with E-state index in [1.807, 2.05) is 66.1 Å². The minimum atomic E-state index is -0.0837. The first-order valence-corrected chi connectivity index (χ1v) is 7.56. The molecule has 0 unspecified atom stereocenters. The monoisotopic (exact) mass is 306 g/mol. The van der Waals surface area contributed by atoms with Crippen molar-refractivity contribution >= 4 is 23.1 Å². The molecule has 1 heterocycles. The van der Waals surface area contributed by atoms with Crippen LogP contribution in [-0.2, 0) is 11.3 Å². The molecule has 0 aliphatic heterocycles. The van der Waals surface area contributed by atoms with Gasteiger partial charge in [-0.25, -0.2) is 0 Å². The average molecular weight is 306 g/mol. The van der Waals surface area contributed by atoms with E-state index < -0.39 is 0 Å². The van der Waals surface area contributed by atoms with Crippen LogP contribution in [0.5, 0.6) is 0 Å². The van der Waals surface area contributed by atoms with Crippen molar-refractivity contribution in [2.45, 2.75) is 19.5 Å². The molecule has 1 amide bonds. The van der Waals surface area contributed by atoms with E-state index in [1.165, 1.54) is 0 Å². The van der Waals surface area contributed by atoms with Crippen LogP contribution in [0.3, 0.4) is 0 Å². The molecule has 0 radical (unpaired) electrons. The highest BCUT2D eigenvalue weighted by Gasteiger charge is 2.13. The van der Waals surface area contributed by atoms with Crippen LogP contribution in [0.4, 0.5) is 0 Å². The molecule has 0 bridgehead atoms. The van der Waals surface area contributed by atoms with Gasteiger partial charge in [-0.15, -0.1) is 0 Å². The number of rotatable bonds is 5. The van der Waals surface area contributed by atoms with Crippen LogP contribution in [0.1, 0.15) is 28.9 Å². The van der Waals surface area contributed by atoms with Crippen molar-refractivity contribution in [3.05, 3.63) is 71.9 Å². The number of nitrogens with zero attached hydrogens (tertiary/aromatic N) is 1. The lowest BCUT2D eigenvalue weighted by atomic mass is 10.1.